The third-order valence-corrected chi connectivity index (χ3v) is 6.00. The van der Waals surface area contributed by atoms with Crippen LogP contribution in [0.15, 0.2) is 76.2 Å². The van der Waals surface area contributed by atoms with Crippen molar-refractivity contribution in [3.05, 3.63) is 77.5 Å². The number of nitrogens with zero attached hydrogens (tertiary/aromatic N) is 5. The first-order valence-electron chi connectivity index (χ1n) is 10.8. The van der Waals surface area contributed by atoms with Gasteiger partial charge in [-0.1, -0.05) is 42.5 Å². The van der Waals surface area contributed by atoms with Gasteiger partial charge >= 0.3 is 5.76 Å². The quantitative estimate of drug-likeness (QED) is 0.468. The van der Waals surface area contributed by atoms with Gasteiger partial charge in [0.05, 0.1) is 5.52 Å². The Kier molecular flexibility index (Phi) is 5.60. The molecule has 0 bridgehead atoms. The van der Waals surface area contributed by atoms with E-state index in [1.807, 2.05) is 47.6 Å². The van der Waals surface area contributed by atoms with E-state index in [1.54, 1.807) is 12.1 Å². The van der Waals surface area contributed by atoms with Gasteiger partial charge in [0.15, 0.2) is 5.58 Å². The minimum atomic E-state index is -0.493. The van der Waals surface area contributed by atoms with Gasteiger partial charge in [0.25, 0.3) is 0 Å². The zero-order valence-corrected chi connectivity index (χ0v) is 17.8. The SMILES string of the molecule is O=C(Cn1c(=O)oc2ccccc21)N1CCN(CCn2ccnc2-c2ccccc2)CC1. The average molecular weight is 431 g/mol. The third kappa shape index (κ3) is 4.09. The fourth-order valence-electron chi connectivity index (χ4n) is 4.21. The standard InChI is InChI=1S/C24H25N5O3/c30-22(18-29-20-8-4-5-9-21(20)32-24(29)31)27-15-12-26(13-16-27)14-17-28-11-10-25-23(28)19-6-2-1-3-7-19/h1-11H,12-18H2. The fourth-order valence-corrected chi connectivity index (χ4v) is 4.21. The first kappa shape index (κ1) is 20.3. The molecule has 0 atom stereocenters. The van der Waals surface area contributed by atoms with Gasteiger partial charge in [0.2, 0.25) is 5.91 Å². The molecule has 8 nitrogen and oxygen atoms in total. The molecule has 0 radical (unpaired) electrons. The molecule has 1 saturated heterocycles. The van der Waals surface area contributed by atoms with E-state index in [4.69, 9.17) is 4.42 Å². The molecule has 32 heavy (non-hydrogen) atoms. The lowest BCUT2D eigenvalue weighted by atomic mass is 10.2. The topological polar surface area (TPSA) is 76.5 Å². The normalized spacial score (nSPS) is 14.8. The van der Waals surface area contributed by atoms with Gasteiger partial charge in [-0.05, 0) is 12.1 Å². The molecule has 4 aromatic rings. The first-order valence-corrected chi connectivity index (χ1v) is 10.8. The van der Waals surface area contributed by atoms with Crippen molar-refractivity contribution in [3.8, 4) is 11.4 Å². The Morgan fingerprint density at radius 3 is 2.50 bits per heavy atom. The number of rotatable bonds is 6. The Morgan fingerprint density at radius 2 is 1.69 bits per heavy atom. The van der Waals surface area contributed by atoms with Gasteiger partial charge in [0.1, 0.15) is 12.4 Å². The highest BCUT2D eigenvalue weighted by Crippen LogP contribution is 2.17. The van der Waals surface area contributed by atoms with Crippen LogP contribution < -0.4 is 5.76 Å². The predicted octanol–water partition coefficient (Wildman–Crippen LogP) is 2.30. The van der Waals surface area contributed by atoms with Crippen LogP contribution in [0, 0.1) is 0 Å². The number of piperazine rings is 1. The molecule has 0 aliphatic carbocycles. The highest BCUT2D eigenvalue weighted by molar-refractivity contribution is 5.79. The van der Waals surface area contributed by atoms with Gasteiger partial charge in [-0.2, -0.15) is 0 Å². The third-order valence-electron chi connectivity index (χ3n) is 6.00. The molecule has 0 N–H and O–H groups in total. The number of benzene rings is 2. The Bertz CT molecular complexity index is 1270. The highest BCUT2D eigenvalue weighted by atomic mass is 16.4. The number of imidazole rings is 1. The van der Waals surface area contributed by atoms with Crippen LogP contribution in [0.3, 0.4) is 0 Å². The van der Waals surface area contributed by atoms with E-state index < -0.39 is 5.76 Å². The van der Waals surface area contributed by atoms with Crippen LogP contribution in [0.5, 0.6) is 0 Å². The number of hydrogen-bond acceptors (Lipinski definition) is 5. The summed E-state index contributed by atoms with van der Waals surface area (Å²) < 4.78 is 8.82. The van der Waals surface area contributed by atoms with E-state index >= 15 is 0 Å². The molecule has 1 aliphatic heterocycles. The number of oxazole rings is 1. The number of carbonyl (C=O) groups excluding carboxylic acids is 1. The summed E-state index contributed by atoms with van der Waals surface area (Å²) in [4.78, 5) is 33.6. The summed E-state index contributed by atoms with van der Waals surface area (Å²) in [5.74, 6) is 0.421. The first-order chi connectivity index (χ1) is 15.7. The molecule has 8 heteroatoms. The fraction of sp³-hybridized carbons (Fsp3) is 0.292. The summed E-state index contributed by atoms with van der Waals surface area (Å²) in [6.07, 6.45) is 3.84. The van der Waals surface area contributed by atoms with E-state index in [1.165, 1.54) is 4.57 Å². The van der Waals surface area contributed by atoms with Crippen molar-refractivity contribution in [3.63, 3.8) is 0 Å². The van der Waals surface area contributed by atoms with Crippen molar-refractivity contribution in [1.82, 2.24) is 23.9 Å². The van der Waals surface area contributed by atoms with Crippen molar-refractivity contribution in [2.45, 2.75) is 13.1 Å². The molecule has 2 aromatic carbocycles. The molecule has 0 spiro atoms. The smallest absolute Gasteiger partial charge is 0.408 e. The maximum atomic E-state index is 12.8. The summed E-state index contributed by atoms with van der Waals surface area (Å²) in [6, 6.07) is 17.4. The van der Waals surface area contributed by atoms with Crippen LogP contribution in [-0.2, 0) is 17.9 Å². The van der Waals surface area contributed by atoms with Crippen LogP contribution in [0.2, 0.25) is 0 Å². The lowest BCUT2D eigenvalue weighted by Gasteiger charge is -2.34. The predicted molar refractivity (Wildman–Crippen MR) is 121 cm³/mol. The summed E-state index contributed by atoms with van der Waals surface area (Å²) >= 11 is 0. The molecular formula is C24H25N5O3. The average Bonchev–Trinajstić information content (AvgIpc) is 3.43. The lowest BCUT2D eigenvalue weighted by Crippen LogP contribution is -2.50. The largest absolute Gasteiger partial charge is 0.420 e. The van der Waals surface area contributed by atoms with Gasteiger partial charge in [-0.15, -0.1) is 0 Å². The van der Waals surface area contributed by atoms with Crippen LogP contribution in [0.4, 0.5) is 0 Å². The van der Waals surface area contributed by atoms with E-state index in [9.17, 15) is 9.59 Å². The number of fused-ring (bicyclic) bond motifs is 1. The van der Waals surface area contributed by atoms with E-state index in [0.29, 0.717) is 24.2 Å². The number of carbonyl (C=O) groups is 1. The molecule has 1 amide bonds. The van der Waals surface area contributed by atoms with Crippen LogP contribution in [-0.4, -0.2) is 62.5 Å². The second-order valence-corrected chi connectivity index (χ2v) is 7.95. The zero-order chi connectivity index (χ0) is 21.9. The Labute approximate surface area is 185 Å². The monoisotopic (exact) mass is 431 g/mol. The van der Waals surface area contributed by atoms with Crippen LogP contribution >= 0.6 is 0 Å². The summed E-state index contributed by atoms with van der Waals surface area (Å²) in [5, 5.41) is 0. The molecular weight excluding hydrogens is 406 g/mol. The number of amides is 1. The Morgan fingerprint density at radius 1 is 0.938 bits per heavy atom. The van der Waals surface area contributed by atoms with Crippen molar-refractivity contribution >= 4 is 17.0 Å². The number of para-hydroxylation sites is 2. The van der Waals surface area contributed by atoms with Gasteiger partial charge in [-0.3, -0.25) is 14.3 Å². The van der Waals surface area contributed by atoms with Gasteiger partial charge in [0, 0.05) is 57.2 Å². The Balaban J connectivity index is 1.16. The molecule has 2 aromatic heterocycles. The van der Waals surface area contributed by atoms with Crippen LogP contribution in [0.25, 0.3) is 22.5 Å². The molecule has 5 rings (SSSR count). The van der Waals surface area contributed by atoms with E-state index in [2.05, 4.69) is 26.6 Å². The summed E-state index contributed by atoms with van der Waals surface area (Å²) in [5.41, 5.74) is 2.26. The number of aromatic nitrogens is 3. The second-order valence-electron chi connectivity index (χ2n) is 7.95. The molecule has 0 unspecified atom stereocenters. The van der Waals surface area contributed by atoms with Gasteiger partial charge < -0.3 is 13.9 Å². The van der Waals surface area contributed by atoms with Crippen molar-refractivity contribution in [1.29, 1.82) is 0 Å². The lowest BCUT2D eigenvalue weighted by molar-refractivity contribution is -0.133. The van der Waals surface area contributed by atoms with Crippen molar-refractivity contribution < 1.29 is 9.21 Å². The Hall–Kier alpha value is -3.65. The molecule has 3 heterocycles. The van der Waals surface area contributed by atoms with Gasteiger partial charge in [-0.25, -0.2) is 9.78 Å². The minimum absolute atomic E-state index is 0.00528. The second kappa shape index (κ2) is 8.84. The van der Waals surface area contributed by atoms with Crippen molar-refractivity contribution in [2.24, 2.45) is 0 Å². The van der Waals surface area contributed by atoms with Crippen molar-refractivity contribution in [2.75, 3.05) is 32.7 Å². The molecule has 1 fully saturated rings. The molecule has 1 aliphatic rings. The highest BCUT2D eigenvalue weighted by Gasteiger charge is 2.23. The van der Waals surface area contributed by atoms with E-state index in [-0.39, 0.29) is 12.5 Å². The summed E-state index contributed by atoms with van der Waals surface area (Å²) in [6.45, 7) is 4.66. The maximum Gasteiger partial charge on any atom is 0.420 e. The summed E-state index contributed by atoms with van der Waals surface area (Å²) in [7, 11) is 0. The van der Waals surface area contributed by atoms with E-state index in [0.717, 1.165) is 37.6 Å². The minimum Gasteiger partial charge on any atom is -0.408 e. The maximum absolute atomic E-state index is 12.8. The molecule has 164 valence electrons. The molecule has 0 saturated carbocycles. The zero-order valence-electron chi connectivity index (χ0n) is 17.8. The van der Waals surface area contributed by atoms with Crippen LogP contribution in [0.1, 0.15) is 0 Å². The number of hydrogen-bond donors (Lipinski definition) is 0.